The molecule has 0 aliphatic heterocycles. The van der Waals surface area contributed by atoms with E-state index in [1.807, 2.05) is 6.07 Å². The van der Waals surface area contributed by atoms with Crippen molar-refractivity contribution in [2.45, 2.75) is 0 Å². The molecule has 3 amide bonds. The molecule has 0 saturated heterocycles. The van der Waals surface area contributed by atoms with Gasteiger partial charge in [-0.15, -0.1) is 0 Å². The van der Waals surface area contributed by atoms with Crippen molar-refractivity contribution in [1.82, 2.24) is 15.6 Å². The number of carbonyl (C=O) groups is 3. The molecule has 0 spiro atoms. The van der Waals surface area contributed by atoms with Crippen LogP contribution in [0.1, 0.15) is 31.1 Å². The molecule has 0 atom stereocenters. The maximum Gasteiger partial charge on any atom is 0.257 e. The van der Waals surface area contributed by atoms with Crippen LogP contribution >= 0.6 is 11.6 Å². The number of rotatable bonds is 7. The van der Waals surface area contributed by atoms with Crippen LogP contribution in [-0.2, 0) is 0 Å². The standard InChI is InChI=1S/C22H19ClN4O3/c23-19-11-8-17(14-26-19)22(30)27-18-9-6-16(7-10-18)21(29)25-13-12-24-20(28)15-4-2-1-3-5-15/h1-11,14H,12-13H2,(H,24,28)(H,25,29)(H,27,30). The largest absolute Gasteiger partial charge is 0.350 e. The lowest BCUT2D eigenvalue weighted by molar-refractivity contribution is 0.0927. The van der Waals surface area contributed by atoms with E-state index in [4.69, 9.17) is 11.6 Å². The zero-order valence-electron chi connectivity index (χ0n) is 15.9. The molecule has 152 valence electrons. The summed E-state index contributed by atoms with van der Waals surface area (Å²) < 4.78 is 0. The Hall–Kier alpha value is -3.71. The van der Waals surface area contributed by atoms with Crippen molar-refractivity contribution >= 4 is 35.0 Å². The van der Waals surface area contributed by atoms with Crippen LogP contribution in [0.4, 0.5) is 5.69 Å². The van der Waals surface area contributed by atoms with Gasteiger partial charge in [0.15, 0.2) is 0 Å². The fraction of sp³-hybridized carbons (Fsp3) is 0.0909. The molecule has 1 heterocycles. The van der Waals surface area contributed by atoms with E-state index in [9.17, 15) is 14.4 Å². The second-order valence-electron chi connectivity index (χ2n) is 6.28. The van der Waals surface area contributed by atoms with Crippen LogP contribution in [0, 0.1) is 0 Å². The third-order valence-corrected chi connectivity index (χ3v) is 4.35. The minimum absolute atomic E-state index is 0.194. The van der Waals surface area contributed by atoms with Gasteiger partial charge in [0.05, 0.1) is 5.56 Å². The highest BCUT2D eigenvalue weighted by Crippen LogP contribution is 2.12. The Morgan fingerprint density at radius 3 is 1.83 bits per heavy atom. The lowest BCUT2D eigenvalue weighted by Crippen LogP contribution is -2.34. The average Bonchev–Trinajstić information content (AvgIpc) is 2.78. The van der Waals surface area contributed by atoms with Gasteiger partial charge in [-0.2, -0.15) is 0 Å². The van der Waals surface area contributed by atoms with Gasteiger partial charge < -0.3 is 16.0 Å². The van der Waals surface area contributed by atoms with E-state index in [2.05, 4.69) is 20.9 Å². The molecule has 0 radical (unpaired) electrons. The van der Waals surface area contributed by atoms with Crippen LogP contribution in [0.3, 0.4) is 0 Å². The molecule has 0 bridgehead atoms. The molecule has 0 aliphatic rings. The number of aromatic nitrogens is 1. The first-order valence-electron chi connectivity index (χ1n) is 9.17. The molecule has 7 nitrogen and oxygen atoms in total. The summed E-state index contributed by atoms with van der Waals surface area (Å²) in [6.07, 6.45) is 1.38. The summed E-state index contributed by atoms with van der Waals surface area (Å²) in [4.78, 5) is 40.2. The highest BCUT2D eigenvalue weighted by Gasteiger charge is 2.09. The molecule has 0 aliphatic carbocycles. The van der Waals surface area contributed by atoms with Gasteiger partial charge in [0, 0.05) is 36.1 Å². The van der Waals surface area contributed by atoms with Crippen LogP contribution < -0.4 is 16.0 Å². The normalized spacial score (nSPS) is 10.2. The predicted octanol–water partition coefficient (Wildman–Crippen LogP) is 3.15. The first kappa shape index (κ1) is 21.0. The quantitative estimate of drug-likeness (QED) is 0.402. The molecule has 2 aromatic carbocycles. The Labute approximate surface area is 178 Å². The Morgan fingerprint density at radius 1 is 0.700 bits per heavy atom. The van der Waals surface area contributed by atoms with Crippen molar-refractivity contribution in [1.29, 1.82) is 0 Å². The topological polar surface area (TPSA) is 100 Å². The van der Waals surface area contributed by atoms with Crippen molar-refractivity contribution in [3.8, 4) is 0 Å². The minimum Gasteiger partial charge on any atom is -0.350 e. The zero-order chi connectivity index (χ0) is 21.3. The number of nitrogens with one attached hydrogen (secondary N) is 3. The van der Waals surface area contributed by atoms with Crippen molar-refractivity contribution in [2.75, 3.05) is 18.4 Å². The summed E-state index contributed by atoms with van der Waals surface area (Å²) in [7, 11) is 0. The Bertz CT molecular complexity index is 1020. The second-order valence-corrected chi connectivity index (χ2v) is 6.67. The molecule has 0 fully saturated rings. The molecule has 3 aromatic rings. The minimum atomic E-state index is -0.328. The van der Waals surface area contributed by atoms with Gasteiger partial charge in [-0.05, 0) is 48.5 Å². The Morgan fingerprint density at radius 2 is 1.27 bits per heavy atom. The van der Waals surface area contributed by atoms with Crippen LogP contribution in [0.5, 0.6) is 0 Å². The molecule has 0 unspecified atom stereocenters. The number of hydrogen-bond acceptors (Lipinski definition) is 4. The summed E-state index contributed by atoms with van der Waals surface area (Å²) in [5, 5.41) is 8.51. The molecular weight excluding hydrogens is 404 g/mol. The number of benzene rings is 2. The Kier molecular flexibility index (Phi) is 7.13. The smallest absolute Gasteiger partial charge is 0.257 e. The first-order chi connectivity index (χ1) is 14.5. The average molecular weight is 423 g/mol. The van der Waals surface area contributed by atoms with Gasteiger partial charge in [-0.1, -0.05) is 29.8 Å². The van der Waals surface area contributed by atoms with E-state index in [1.165, 1.54) is 12.3 Å². The molecule has 3 rings (SSSR count). The maximum absolute atomic E-state index is 12.2. The van der Waals surface area contributed by atoms with Crippen molar-refractivity contribution in [3.63, 3.8) is 0 Å². The van der Waals surface area contributed by atoms with Gasteiger partial charge >= 0.3 is 0 Å². The SMILES string of the molecule is O=C(NCCNC(=O)c1ccc(NC(=O)c2ccc(Cl)nc2)cc1)c1ccccc1. The maximum atomic E-state index is 12.2. The molecule has 3 N–H and O–H groups in total. The number of amides is 3. The summed E-state index contributed by atoms with van der Waals surface area (Å²) in [5.41, 5.74) is 1.92. The summed E-state index contributed by atoms with van der Waals surface area (Å²) in [5.74, 6) is -0.796. The van der Waals surface area contributed by atoms with Gasteiger partial charge in [-0.25, -0.2) is 4.98 Å². The van der Waals surface area contributed by atoms with E-state index in [0.717, 1.165) is 0 Å². The van der Waals surface area contributed by atoms with Crippen LogP contribution in [-0.4, -0.2) is 35.8 Å². The van der Waals surface area contributed by atoms with Crippen LogP contribution in [0.2, 0.25) is 5.15 Å². The summed E-state index contributed by atoms with van der Waals surface area (Å²) in [6, 6.07) is 18.4. The van der Waals surface area contributed by atoms with E-state index >= 15 is 0 Å². The lowest BCUT2D eigenvalue weighted by Gasteiger charge is -2.09. The number of hydrogen-bond donors (Lipinski definition) is 3. The van der Waals surface area contributed by atoms with Crippen molar-refractivity contribution in [3.05, 3.63) is 94.8 Å². The summed E-state index contributed by atoms with van der Waals surface area (Å²) >= 11 is 5.71. The molecule has 30 heavy (non-hydrogen) atoms. The predicted molar refractivity (Wildman–Crippen MR) is 115 cm³/mol. The van der Waals surface area contributed by atoms with E-state index in [1.54, 1.807) is 54.6 Å². The highest BCUT2D eigenvalue weighted by molar-refractivity contribution is 6.29. The van der Waals surface area contributed by atoms with Gasteiger partial charge in [0.1, 0.15) is 5.15 Å². The van der Waals surface area contributed by atoms with E-state index < -0.39 is 0 Å². The van der Waals surface area contributed by atoms with Gasteiger partial charge in [0.2, 0.25) is 0 Å². The van der Waals surface area contributed by atoms with Crippen molar-refractivity contribution < 1.29 is 14.4 Å². The lowest BCUT2D eigenvalue weighted by atomic mass is 10.2. The first-order valence-corrected chi connectivity index (χ1v) is 9.55. The summed E-state index contributed by atoms with van der Waals surface area (Å²) in [6.45, 7) is 0.599. The number of pyridine rings is 1. The van der Waals surface area contributed by atoms with Gasteiger partial charge in [-0.3, -0.25) is 14.4 Å². The number of nitrogens with zero attached hydrogens (tertiary/aromatic N) is 1. The second kappa shape index (κ2) is 10.2. The van der Waals surface area contributed by atoms with E-state index in [0.29, 0.717) is 40.6 Å². The van der Waals surface area contributed by atoms with E-state index in [-0.39, 0.29) is 17.7 Å². The molecule has 1 aromatic heterocycles. The van der Waals surface area contributed by atoms with Crippen molar-refractivity contribution in [2.24, 2.45) is 0 Å². The zero-order valence-corrected chi connectivity index (χ0v) is 16.6. The third kappa shape index (κ3) is 5.89. The number of halogens is 1. The fourth-order valence-corrected chi connectivity index (χ4v) is 2.68. The highest BCUT2D eigenvalue weighted by atomic mass is 35.5. The third-order valence-electron chi connectivity index (χ3n) is 4.13. The van der Waals surface area contributed by atoms with Gasteiger partial charge in [0.25, 0.3) is 17.7 Å². The fourth-order valence-electron chi connectivity index (χ4n) is 2.56. The Balaban J connectivity index is 1.45. The molecule has 0 saturated carbocycles. The number of anilines is 1. The monoisotopic (exact) mass is 422 g/mol. The molecular formula is C22H19ClN4O3. The van der Waals surface area contributed by atoms with Crippen LogP contribution in [0.25, 0.3) is 0 Å². The number of carbonyl (C=O) groups excluding carboxylic acids is 3. The molecule has 8 heteroatoms. The van der Waals surface area contributed by atoms with Crippen LogP contribution in [0.15, 0.2) is 72.9 Å².